The fourth-order valence-corrected chi connectivity index (χ4v) is 3.19. The Kier molecular flexibility index (Phi) is 2.69. The van der Waals surface area contributed by atoms with Gasteiger partial charge in [0.1, 0.15) is 11.6 Å². The van der Waals surface area contributed by atoms with Gasteiger partial charge in [-0.15, -0.1) is 11.8 Å². The standard InChI is InChI=1S/C14H10N2OS/c15-8-10-7-12-11-4-2-1-3-9(11)5-6-18-14(12)16-13(10)17/h1-4,7H,5-6H2,(H,16,17). The lowest BCUT2D eigenvalue weighted by Gasteiger charge is -2.08. The number of nitriles is 1. The van der Waals surface area contributed by atoms with Crippen LogP contribution in [0.25, 0.3) is 11.1 Å². The third-order valence-electron chi connectivity index (χ3n) is 3.05. The highest BCUT2D eigenvalue weighted by atomic mass is 32.2. The lowest BCUT2D eigenvalue weighted by molar-refractivity contribution is 1.08. The fourth-order valence-electron chi connectivity index (χ4n) is 2.17. The molecule has 0 fully saturated rings. The molecule has 0 atom stereocenters. The van der Waals surface area contributed by atoms with Gasteiger partial charge in [0.2, 0.25) is 0 Å². The van der Waals surface area contributed by atoms with E-state index in [-0.39, 0.29) is 11.1 Å². The Hall–Kier alpha value is -1.99. The summed E-state index contributed by atoms with van der Waals surface area (Å²) in [7, 11) is 0. The highest BCUT2D eigenvalue weighted by Crippen LogP contribution is 2.35. The molecule has 1 aromatic carbocycles. The molecule has 1 aliphatic rings. The number of nitrogens with zero attached hydrogens (tertiary/aromatic N) is 1. The topological polar surface area (TPSA) is 56.6 Å². The van der Waals surface area contributed by atoms with Crippen molar-refractivity contribution in [1.29, 1.82) is 5.26 Å². The van der Waals surface area contributed by atoms with Crippen LogP contribution in [0.5, 0.6) is 0 Å². The molecule has 88 valence electrons. The number of aromatic amines is 1. The Morgan fingerprint density at radius 3 is 2.94 bits per heavy atom. The summed E-state index contributed by atoms with van der Waals surface area (Å²) in [5, 5.41) is 9.83. The zero-order valence-corrected chi connectivity index (χ0v) is 10.4. The zero-order chi connectivity index (χ0) is 12.5. The van der Waals surface area contributed by atoms with Crippen LogP contribution in [0.15, 0.2) is 40.2 Å². The third kappa shape index (κ3) is 1.73. The van der Waals surface area contributed by atoms with Gasteiger partial charge in [-0.25, -0.2) is 0 Å². The predicted molar refractivity (Wildman–Crippen MR) is 71.6 cm³/mol. The molecule has 3 nitrogen and oxygen atoms in total. The summed E-state index contributed by atoms with van der Waals surface area (Å²) in [5.41, 5.74) is 3.21. The van der Waals surface area contributed by atoms with Gasteiger partial charge in [0.15, 0.2) is 0 Å². The fraction of sp³-hybridized carbons (Fsp3) is 0.143. The molecular weight excluding hydrogens is 244 g/mol. The van der Waals surface area contributed by atoms with Crippen LogP contribution in [0.1, 0.15) is 11.1 Å². The van der Waals surface area contributed by atoms with E-state index in [4.69, 9.17) is 5.26 Å². The van der Waals surface area contributed by atoms with E-state index in [1.807, 2.05) is 24.3 Å². The third-order valence-corrected chi connectivity index (χ3v) is 4.07. The first kappa shape index (κ1) is 11.1. The van der Waals surface area contributed by atoms with Crippen molar-refractivity contribution in [2.45, 2.75) is 11.4 Å². The number of hydrogen-bond acceptors (Lipinski definition) is 3. The molecule has 0 radical (unpaired) electrons. The van der Waals surface area contributed by atoms with Crippen molar-refractivity contribution in [2.75, 3.05) is 5.75 Å². The van der Waals surface area contributed by atoms with Crippen LogP contribution in [0.2, 0.25) is 0 Å². The summed E-state index contributed by atoms with van der Waals surface area (Å²) < 4.78 is 0. The van der Waals surface area contributed by atoms with Crippen LogP contribution in [0, 0.1) is 11.3 Å². The monoisotopic (exact) mass is 254 g/mol. The van der Waals surface area contributed by atoms with E-state index in [1.165, 1.54) is 5.56 Å². The van der Waals surface area contributed by atoms with Crippen molar-refractivity contribution in [1.82, 2.24) is 4.98 Å². The molecule has 3 rings (SSSR count). The summed E-state index contributed by atoms with van der Waals surface area (Å²) >= 11 is 1.63. The number of H-pyrrole nitrogens is 1. The van der Waals surface area contributed by atoms with Crippen LogP contribution in [0.3, 0.4) is 0 Å². The van der Waals surface area contributed by atoms with E-state index in [2.05, 4.69) is 11.1 Å². The minimum Gasteiger partial charge on any atom is -0.315 e. The lowest BCUT2D eigenvalue weighted by Crippen LogP contribution is -2.11. The van der Waals surface area contributed by atoms with E-state index in [9.17, 15) is 4.79 Å². The Morgan fingerprint density at radius 1 is 1.28 bits per heavy atom. The largest absolute Gasteiger partial charge is 0.315 e. The molecule has 4 heteroatoms. The normalized spacial score (nSPS) is 13.1. The molecule has 0 saturated carbocycles. The van der Waals surface area contributed by atoms with Crippen molar-refractivity contribution in [3.8, 4) is 17.2 Å². The van der Waals surface area contributed by atoms with Crippen LogP contribution in [-0.2, 0) is 6.42 Å². The molecule has 0 spiro atoms. The maximum absolute atomic E-state index is 11.7. The van der Waals surface area contributed by atoms with E-state index >= 15 is 0 Å². The summed E-state index contributed by atoms with van der Waals surface area (Å²) in [6, 6.07) is 11.8. The van der Waals surface area contributed by atoms with Gasteiger partial charge >= 0.3 is 0 Å². The molecule has 2 heterocycles. The first-order valence-electron chi connectivity index (χ1n) is 5.68. The van der Waals surface area contributed by atoms with Gasteiger partial charge in [0.05, 0.1) is 5.03 Å². The maximum atomic E-state index is 11.7. The Balaban J connectivity index is 2.33. The smallest absolute Gasteiger partial charge is 0.266 e. The summed E-state index contributed by atoms with van der Waals surface area (Å²) in [5.74, 6) is 0.936. The number of rotatable bonds is 0. The average molecular weight is 254 g/mol. The van der Waals surface area contributed by atoms with Crippen LogP contribution in [0.4, 0.5) is 0 Å². The van der Waals surface area contributed by atoms with Gasteiger partial charge in [-0.2, -0.15) is 5.26 Å². The number of nitrogens with one attached hydrogen (secondary N) is 1. The highest BCUT2D eigenvalue weighted by molar-refractivity contribution is 7.99. The quantitative estimate of drug-likeness (QED) is 0.786. The van der Waals surface area contributed by atoms with Crippen molar-refractivity contribution >= 4 is 11.8 Å². The molecule has 1 aromatic heterocycles. The molecule has 0 saturated heterocycles. The Labute approximate surface area is 108 Å². The minimum absolute atomic E-state index is 0.172. The summed E-state index contributed by atoms with van der Waals surface area (Å²) in [6.07, 6.45) is 0.972. The average Bonchev–Trinajstić information content (AvgIpc) is 2.56. The van der Waals surface area contributed by atoms with Crippen molar-refractivity contribution < 1.29 is 0 Å². The Morgan fingerprint density at radius 2 is 2.11 bits per heavy atom. The van der Waals surface area contributed by atoms with E-state index in [0.29, 0.717) is 0 Å². The molecule has 18 heavy (non-hydrogen) atoms. The van der Waals surface area contributed by atoms with Gasteiger partial charge < -0.3 is 4.98 Å². The number of aromatic nitrogens is 1. The number of benzene rings is 1. The van der Waals surface area contributed by atoms with Crippen molar-refractivity contribution in [3.63, 3.8) is 0 Å². The van der Waals surface area contributed by atoms with Gasteiger partial charge in [0.25, 0.3) is 5.56 Å². The second kappa shape index (κ2) is 4.35. The van der Waals surface area contributed by atoms with Gasteiger partial charge in [-0.05, 0) is 23.6 Å². The van der Waals surface area contributed by atoms with Gasteiger partial charge in [-0.1, -0.05) is 24.3 Å². The number of fused-ring (bicyclic) bond motifs is 3. The Bertz CT molecular complexity index is 712. The van der Waals surface area contributed by atoms with E-state index < -0.39 is 0 Å². The van der Waals surface area contributed by atoms with E-state index in [0.717, 1.165) is 28.3 Å². The van der Waals surface area contributed by atoms with Gasteiger partial charge in [-0.3, -0.25) is 4.79 Å². The highest BCUT2D eigenvalue weighted by Gasteiger charge is 2.16. The van der Waals surface area contributed by atoms with Crippen molar-refractivity contribution in [3.05, 3.63) is 51.8 Å². The zero-order valence-electron chi connectivity index (χ0n) is 9.56. The number of pyridine rings is 1. The molecule has 0 bridgehead atoms. The molecule has 0 aliphatic carbocycles. The molecule has 1 aliphatic heterocycles. The van der Waals surface area contributed by atoms with Crippen LogP contribution < -0.4 is 5.56 Å². The number of aryl methyl sites for hydroxylation is 1. The summed E-state index contributed by atoms with van der Waals surface area (Å²) in [4.78, 5) is 14.5. The van der Waals surface area contributed by atoms with Gasteiger partial charge in [0, 0.05) is 11.3 Å². The second-order valence-corrected chi connectivity index (χ2v) is 5.23. The molecule has 0 unspecified atom stereocenters. The SMILES string of the molecule is N#Cc1cc2c([nH]c1=O)SCCc1ccccc1-2. The summed E-state index contributed by atoms with van der Waals surface area (Å²) in [6.45, 7) is 0. The maximum Gasteiger partial charge on any atom is 0.266 e. The first-order chi connectivity index (χ1) is 8.79. The molecular formula is C14H10N2OS. The second-order valence-electron chi connectivity index (χ2n) is 4.12. The van der Waals surface area contributed by atoms with E-state index in [1.54, 1.807) is 17.8 Å². The number of thioether (sulfide) groups is 1. The van der Waals surface area contributed by atoms with Crippen molar-refractivity contribution in [2.24, 2.45) is 0 Å². The predicted octanol–water partition coefficient (Wildman–Crippen LogP) is 2.56. The van der Waals surface area contributed by atoms with Crippen LogP contribution >= 0.6 is 11.8 Å². The minimum atomic E-state index is -0.303. The molecule has 2 aromatic rings. The molecule has 0 amide bonds. The van der Waals surface area contributed by atoms with Crippen LogP contribution in [-0.4, -0.2) is 10.7 Å². The first-order valence-corrected chi connectivity index (χ1v) is 6.66. The lowest BCUT2D eigenvalue weighted by atomic mass is 9.99. The molecule has 1 N–H and O–H groups in total. The number of hydrogen-bond donors (Lipinski definition) is 1.